The van der Waals surface area contributed by atoms with Gasteiger partial charge in [-0.2, -0.15) is 0 Å². The molecule has 0 heterocycles. The minimum atomic E-state index is 0.120. The van der Waals surface area contributed by atoms with Crippen molar-refractivity contribution in [3.8, 4) is 5.75 Å². The molecule has 0 fully saturated rings. The molecule has 0 radical (unpaired) electrons. The summed E-state index contributed by atoms with van der Waals surface area (Å²) in [5, 5.41) is 19.1. The van der Waals surface area contributed by atoms with Gasteiger partial charge in [0.25, 0.3) is 0 Å². The van der Waals surface area contributed by atoms with E-state index in [-0.39, 0.29) is 12.4 Å². The highest BCUT2D eigenvalue weighted by Crippen LogP contribution is 2.22. The summed E-state index contributed by atoms with van der Waals surface area (Å²) < 4.78 is 0. The van der Waals surface area contributed by atoms with Gasteiger partial charge in [-0.05, 0) is 24.7 Å². The summed E-state index contributed by atoms with van der Waals surface area (Å²) in [5.41, 5.74) is 0.790. The van der Waals surface area contributed by atoms with Crippen LogP contribution in [0.4, 0.5) is 0 Å². The molecule has 0 amide bonds. The number of likely N-dealkylation sites (N-methyl/N-ethyl adjacent to an activating group) is 1. The van der Waals surface area contributed by atoms with E-state index in [1.165, 1.54) is 0 Å². The summed E-state index contributed by atoms with van der Waals surface area (Å²) in [7, 11) is 0. The lowest BCUT2D eigenvalue weighted by Crippen LogP contribution is -2.26. The Morgan fingerprint density at radius 3 is 2.73 bits per heavy atom. The molecule has 84 valence electrons. The van der Waals surface area contributed by atoms with Gasteiger partial charge in [0, 0.05) is 23.7 Å². The number of nitrogens with zero attached hydrogens (tertiary/aromatic N) is 1. The number of hydrogen-bond acceptors (Lipinski definition) is 3. The van der Waals surface area contributed by atoms with E-state index in [1.807, 2.05) is 11.8 Å². The van der Waals surface area contributed by atoms with Crippen LogP contribution in [0.5, 0.6) is 5.75 Å². The van der Waals surface area contributed by atoms with E-state index in [2.05, 4.69) is 0 Å². The normalized spacial score (nSPS) is 10.9. The van der Waals surface area contributed by atoms with Crippen LogP contribution in [-0.2, 0) is 6.54 Å². The minimum Gasteiger partial charge on any atom is -0.508 e. The molecule has 0 aliphatic rings. The zero-order chi connectivity index (χ0) is 11.3. The van der Waals surface area contributed by atoms with E-state index in [9.17, 15) is 5.11 Å². The van der Waals surface area contributed by atoms with E-state index in [0.717, 1.165) is 12.1 Å². The van der Waals surface area contributed by atoms with Crippen LogP contribution in [0, 0.1) is 0 Å². The first kappa shape index (κ1) is 12.3. The monoisotopic (exact) mass is 229 g/mol. The van der Waals surface area contributed by atoms with Crippen molar-refractivity contribution < 1.29 is 10.2 Å². The fourth-order valence-corrected chi connectivity index (χ4v) is 1.61. The van der Waals surface area contributed by atoms with Crippen molar-refractivity contribution in [2.75, 3.05) is 19.7 Å². The van der Waals surface area contributed by atoms with Crippen molar-refractivity contribution in [2.24, 2.45) is 0 Å². The van der Waals surface area contributed by atoms with Crippen LogP contribution in [0.1, 0.15) is 12.5 Å². The van der Waals surface area contributed by atoms with Crippen molar-refractivity contribution in [1.29, 1.82) is 0 Å². The summed E-state index contributed by atoms with van der Waals surface area (Å²) in [6, 6.07) is 4.99. The number of phenolic OH excluding ortho intramolecular Hbond substituents is 1. The molecule has 1 aromatic carbocycles. The Hall–Kier alpha value is -0.770. The van der Waals surface area contributed by atoms with Crippen molar-refractivity contribution in [3.05, 3.63) is 28.8 Å². The molecule has 0 atom stereocenters. The van der Waals surface area contributed by atoms with Crippen LogP contribution >= 0.6 is 11.6 Å². The second-order valence-electron chi connectivity index (χ2n) is 3.37. The number of hydrogen-bond donors (Lipinski definition) is 2. The van der Waals surface area contributed by atoms with Crippen LogP contribution in [0.25, 0.3) is 0 Å². The molecular formula is C11H16ClNO2. The summed E-state index contributed by atoms with van der Waals surface area (Å²) in [4.78, 5) is 2.03. The summed E-state index contributed by atoms with van der Waals surface area (Å²) in [6.45, 7) is 4.16. The minimum absolute atomic E-state index is 0.120. The Morgan fingerprint density at radius 2 is 2.13 bits per heavy atom. The number of aliphatic hydroxyl groups is 1. The standard InChI is InChI=1S/C11H16ClNO2/c1-2-13(5-6-14)8-9-7-10(12)3-4-11(9)15/h3-4,7,14-15H,2,5-6,8H2,1H3. The van der Waals surface area contributed by atoms with E-state index >= 15 is 0 Å². The maximum absolute atomic E-state index is 9.60. The molecule has 0 unspecified atom stereocenters. The highest BCUT2D eigenvalue weighted by molar-refractivity contribution is 6.30. The molecule has 1 aromatic rings. The van der Waals surface area contributed by atoms with Gasteiger partial charge in [0.2, 0.25) is 0 Å². The SMILES string of the molecule is CCN(CCO)Cc1cc(Cl)ccc1O. The number of rotatable bonds is 5. The third-order valence-corrected chi connectivity index (χ3v) is 2.53. The highest BCUT2D eigenvalue weighted by Gasteiger charge is 2.07. The van der Waals surface area contributed by atoms with Gasteiger partial charge in [-0.3, -0.25) is 4.90 Å². The second-order valence-corrected chi connectivity index (χ2v) is 3.80. The van der Waals surface area contributed by atoms with Gasteiger partial charge in [0.05, 0.1) is 6.61 Å². The summed E-state index contributed by atoms with van der Waals surface area (Å²) >= 11 is 5.84. The number of halogens is 1. The highest BCUT2D eigenvalue weighted by atomic mass is 35.5. The lowest BCUT2D eigenvalue weighted by molar-refractivity contribution is 0.195. The molecule has 0 aliphatic heterocycles. The van der Waals surface area contributed by atoms with Crippen LogP contribution in [0.2, 0.25) is 5.02 Å². The fourth-order valence-electron chi connectivity index (χ4n) is 1.41. The lowest BCUT2D eigenvalue weighted by atomic mass is 10.2. The molecule has 0 aromatic heterocycles. The average Bonchev–Trinajstić information content (AvgIpc) is 2.22. The van der Waals surface area contributed by atoms with E-state index in [4.69, 9.17) is 16.7 Å². The van der Waals surface area contributed by atoms with E-state index < -0.39 is 0 Å². The predicted molar refractivity (Wildman–Crippen MR) is 61.2 cm³/mol. The van der Waals surface area contributed by atoms with Crippen molar-refractivity contribution in [2.45, 2.75) is 13.5 Å². The smallest absolute Gasteiger partial charge is 0.120 e. The number of aromatic hydroxyl groups is 1. The molecule has 4 heteroatoms. The molecule has 0 saturated carbocycles. The van der Waals surface area contributed by atoms with Gasteiger partial charge in [-0.25, -0.2) is 0 Å². The predicted octanol–water partition coefficient (Wildman–Crippen LogP) is 1.86. The topological polar surface area (TPSA) is 43.7 Å². The maximum Gasteiger partial charge on any atom is 0.120 e. The first-order valence-electron chi connectivity index (χ1n) is 4.98. The maximum atomic E-state index is 9.60. The number of benzene rings is 1. The molecular weight excluding hydrogens is 214 g/mol. The Kier molecular flexibility index (Phi) is 4.88. The molecule has 0 aliphatic carbocycles. The third-order valence-electron chi connectivity index (χ3n) is 2.30. The van der Waals surface area contributed by atoms with Crippen molar-refractivity contribution >= 4 is 11.6 Å². The molecule has 1 rings (SSSR count). The van der Waals surface area contributed by atoms with Gasteiger partial charge < -0.3 is 10.2 Å². The van der Waals surface area contributed by atoms with Gasteiger partial charge in [-0.15, -0.1) is 0 Å². The van der Waals surface area contributed by atoms with Gasteiger partial charge in [0.15, 0.2) is 0 Å². The molecule has 0 bridgehead atoms. The quantitative estimate of drug-likeness (QED) is 0.810. The third kappa shape index (κ3) is 3.70. The first-order chi connectivity index (χ1) is 7.17. The molecule has 2 N–H and O–H groups in total. The zero-order valence-corrected chi connectivity index (χ0v) is 9.54. The van der Waals surface area contributed by atoms with E-state index in [1.54, 1.807) is 18.2 Å². The largest absolute Gasteiger partial charge is 0.508 e. The van der Waals surface area contributed by atoms with E-state index in [0.29, 0.717) is 18.1 Å². The fraction of sp³-hybridized carbons (Fsp3) is 0.455. The zero-order valence-electron chi connectivity index (χ0n) is 8.78. The van der Waals surface area contributed by atoms with Crippen LogP contribution in [0.15, 0.2) is 18.2 Å². The molecule has 15 heavy (non-hydrogen) atoms. The van der Waals surface area contributed by atoms with Crippen LogP contribution in [0.3, 0.4) is 0 Å². The number of aliphatic hydroxyl groups excluding tert-OH is 1. The van der Waals surface area contributed by atoms with Crippen molar-refractivity contribution in [3.63, 3.8) is 0 Å². The first-order valence-corrected chi connectivity index (χ1v) is 5.35. The Morgan fingerprint density at radius 1 is 1.40 bits per heavy atom. The van der Waals surface area contributed by atoms with Crippen LogP contribution in [-0.4, -0.2) is 34.8 Å². The molecule has 3 nitrogen and oxygen atoms in total. The van der Waals surface area contributed by atoms with Gasteiger partial charge in [0.1, 0.15) is 5.75 Å². The second kappa shape index (κ2) is 5.95. The summed E-state index contributed by atoms with van der Waals surface area (Å²) in [6.07, 6.45) is 0. The Balaban J connectivity index is 2.73. The Labute approximate surface area is 94.9 Å². The average molecular weight is 230 g/mol. The van der Waals surface area contributed by atoms with Gasteiger partial charge >= 0.3 is 0 Å². The number of phenols is 1. The Bertz CT molecular complexity index is 317. The van der Waals surface area contributed by atoms with Gasteiger partial charge in [-0.1, -0.05) is 18.5 Å². The molecule has 0 spiro atoms. The van der Waals surface area contributed by atoms with Crippen molar-refractivity contribution in [1.82, 2.24) is 4.90 Å². The summed E-state index contributed by atoms with van der Waals surface area (Å²) in [5.74, 6) is 0.246. The van der Waals surface area contributed by atoms with Crippen LogP contribution < -0.4 is 0 Å². The molecule has 0 saturated heterocycles. The lowest BCUT2D eigenvalue weighted by Gasteiger charge is -2.19.